The second-order valence-electron chi connectivity index (χ2n) is 4.88. The molecule has 0 saturated heterocycles. The van der Waals surface area contributed by atoms with Gasteiger partial charge in [-0.3, -0.25) is 14.2 Å². The number of aromatic nitrogens is 1. The second-order valence-corrected chi connectivity index (χ2v) is 6.04. The summed E-state index contributed by atoms with van der Waals surface area (Å²) in [5, 5.41) is 0.827. The molecule has 0 aliphatic carbocycles. The summed E-state index contributed by atoms with van der Waals surface area (Å²) in [7, 11) is 0. The van der Waals surface area contributed by atoms with E-state index in [0.717, 1.165) is 26.3 Å². The van der Waals surface area contributed by atoms with Crippen LogP contribution < -0.4 is 0 Å². The lowest BCUT2D eigenvalue weighted by atomic mass is 10.1. The topological polar surface area (TPSA) is 39.1 Å². The molecule has 0 bridgehead atoms. The Balaban J connectivity index is 2.21. The van der Waals surface area contributed by atoms with Crippen molar-refractivity contribution in [1.29, 1.82) is 0 Å². The molecule has 3 nitrogen and oxygen atoms in total. The van der Waals surface area contributed by atoms with Crippen LogP contribution in [-0.4, -0.2) is 16.8 Å². The summed E-state index contributed by atoms with van der Waals surface area (Å²) in [6.07, 6.45) is 2.41. The Kier molecular flexibility index (Phi) is 3.63. The van der Waals surface area contributed by atoms with Crippen LogP contribution in [0.25, 0.3) is 10.9 Å². The number of halogens is 1. The third-order valence-electron chi connectivity index (χ3n) is 3.45. The first-order chi connectivity index (χ1) is 10.1. The van der Waals surface area contributed by atoms with E-state index in [2.05, 4.69) is 22.6 Å². The number of carbonyl (C=O) groups is 2. The number of hydrogen-bond donors (Lipinski definition) is 0. The first kappa shape index (κ1) is 14.0. The largest absolute Gasteiger partial charge is 0.298 e. The Hall–Kier alpha value is -1.95. The van der Waals surface area contributed by atoms with Gasteiger partial charge in [0.15, 0.2) is 6.29 Å². The van der Waals surface area contributed by atoms with E-state index >= 15 is 0 Å². The molecule has 104 valence electrons. The first-order valence-electron chi connectivity index (χ1n) is 6.48. The molecule has 4 heteroatoms. The zero-order valence-electron chi connectivity index (χ0n) is 11.3. The molecule has 0 amide bonds. The number of benzene rings is 2. The Morgan fingerprint density at radius 1 is 1.14 bits per heavy atom. The Morgan fingerprint density at radius 2 is 1.86 bits per heavy atom. The molecule has 1 aromatic heterocycles. The average Bonchev–Trinajstić information content (AvgIpc) is 2.87. The number of nitrogens with zero attached hydrogens (tertiary/aromatic N) is 1. The lowest BCUT2D eigenvalue weighted by Gasteiger charge is -2.05. The van der Waals surface area contributed by atoms with Crippen molar-refractivity contribution in [2.75, 3.05) is 0 Å². The lowest BCUT2D eigenvalue weighted by molar-refractivity contribution is 0.0965. The highest BCUT2D eigenvalue weighted by atomic mass is 127. The van der Waals surface area contributed by atoms with Crippen molar-refractivity contribution in [2.24, 2.45) is 0 Å². The standard InChI is InChI=1S/C17H12INO2/c1-11-5-7-12(8-6-11)17(21)19-9-13(10-20)16-14(18)3-2-4-15(16)19/h2-10H,1H3. The van der Waals surface area contributed by atoms with Crippen LogP contribution in [0.3, 0.4) is 0 Å². The zero-order chi connectivity index (χ0) is 15.0. The molecule has 2 aromatic carbocycles. The van der Waals surface area contributed by atoms with Gasteiger partial charge in [-0.15, -0.1) is 0 Å². The van der Waals surface area contributed by atoms with Crippen molar-refractivity contribution in [3.8, 4) is 0 Å². The molecule has 0 aliphatic heterocycles. The number of aldehydes is 1. The summed E-state index contributed by atoms with van der Waals surface area (Å²) < 4.78 is 2.51. The van der Waals surface area contributed by atoms with Crippen LogP contribution in [0.5, 0.6) is 0 Å². The molecular weight excluding hydrogens is 377 g/mol. The smallest absolute Gasteiger partial charge is 0.262 e. The SMILES string of the molecule is Cc1ccc(C(=O)n2cc(C=O)c3c(I)cccc32)cc1. The van der Waals surface area contributed by atoms with Crippen molar-refractivity contribution >= 4 is 45.7 Å². The molecule has 0 spiro atoms. The van der Waals surface area contributed by atoms with Crippen LogP contribution in [0.4, 0.5) is 0 Å². The molecular formula is C17H12INO2. The second kappa shape index (κ2) is 5.44. The molecule has 0 N–H and O–H groups in total. The van der Waals surface area contributed by atoms with E-state index in [4.69, 9.17) is 0 Å². The predicted octanol–water partition coefficient (Wildman–Crippen LogP) is 4.06. The van der Waals surface area contributed by atoms with Crippen LogP contribution in [0.1, 0.15) is 26.3 Å². The highest BCUT2D eigenvalue weighted by Crippen LogP contribution is 2.26. The molecule has 0 atom stereocenters. The highest BCUT2D eigenvalue weighted by Gasteiger charge is 2.16. The Morgan fingerprint density at radius 3 is 2.52 bits per heavy atom. The zero-order valence-corrected chi connectivity index (χ0v) is 13.5. The van der Waals surface area contributed by atoms with Crippen LogP contribution in [0, 0.1) is 10.5 Å². The fourth-order valence-corrected chi connectivity index (χ4v) is 3.16. The van der Waals surface area contributed by atoms with Crippen molar-refractivity contribution in [2.45, 2.75) is 6.92 Å². The molecule has 1 heterocycles. The Bertz CT molecular complexity index is 847. The molecule has 0 aliphatic rings. The van der Waals surface area contributed by atoms with Gasteiger partial charge < -0.3 is 0 Å². The van der Waals surface area contributed by atoms with Gasteiger partial charge in [-0.1, -0.05) is 23.8 Å². The number of fused-ring (bicyclic) bond motifs is 1. The highest BCUT2D eigenvalue weighted by molar-refractivity contribution is 14.1. The van der Waals surface area contributed by atoms with Crippen LogP contribution in [0.15, 0.2) is 48.7 Å². The average molecular weight is 389 g/mol. The van der Waals surface area contributed by atoms with Gasteiger partial charge in [0.2, 0.25) is 0 Å². The van der Waals surface area contributed by atoms with E-state index in [9.17, 15) is 9.59 Å². The minimum Gasteiger partial charge on any atom is -0.298 e. The van der Waals surface area contributed by atoms with Gasteiger partial charge in [-0.05, 0) is 53.8 Å². The number of aryl methyl sites for hydroxylation is 1. The van der Waals surface area contributed by atoms with Crippen molar-refractivity contribution in [1.82, 2.24) is 4.57 Å². The fourth-order valence-electron chi connectivity index (χ4n) is 2.37. The summed E-state index contributed by atoms with van der Waals surface area (Å²) >= 11 is 2.18. The minimum absolute atomic E-state index is 0.130. The maximum Gasteiger partial charge on any atom is 0.262 e. The van der Waals surface area contributed by atoms with Crippen LogP contribution >= 0.6 is 22.6 Å². The summed E-state index contributed by atoms with van der Waals surface area (Å²) in [6, 6.07) is 13.1. The molecule has 3 rings (SSSR count). The summed E-state index contributed by atoms with van der Waals surface area (Å²) in [5.41, 5.74) is 3.01. The summed E-state index contributed by atoms with van der Waals surface area (Å²) in [5.74, 6) is -0.130. The van der Waals surface area contributed by atoms with Crippen molar-refractivity contribution < 1.29 is 9.59 Å². The van der Waals surface area contributed by atoms with E-state index in [-0.39, 0.29) is 5.91 Å². The van der Waals surface area contributed by atoms with E-state index in [1.54, 1.807) is 22.9 Å². The van der Waals surface area contributed by atoms with Gasteiger partial charge >= 0.3 is 0 Å². The van der Waals surface area contributed by atoms with E-state index in [0.29, 0.717) is 11.1 Å². The quantitative estimate of drug-likeness (QED) is 0.490. The third kappa shape index (κ3) is 2.40. The maximum atomic E-state index is 12.7. The fraction of sp³-hybridized carbons (Fsp3) is 0.0588. The van der Waals surface area contributed by atoms with Gasteiger partial charge in [0.1, 0.15) is 0 Å². The summed E-state index contributed by atoms with van der Waals surface area (Å²) in [6.45, 7) is 1.98. The van der Waals surface area contributed by atoms with Gasteiger partial charge in [-0.25, -0.2) is 0 Å². The molecule has 0 unspecified atom stereocenters. The summed E-state index contributed by atoms with van der Waals surface area (Å²) in [4.78, 5) is 23.9. The first-order valence-corrected chi connectivity index (χ1v) is 7.56. The number of rotatable bonds is 2. The predicted molar refractivity (Wildman–Crippen MR) is 91.0 cm³/mol. The lowest BCUT2D eigenvalue weighted by Crippen LogP contribution is -2.10. The number of hydrogen-bond acceptors (Lipinski definition) is 2. The van der Waals surface area contributed by atoms with Crippen molar-refractivity contribution in [3.05, 3.63) is 68.9 Å². The monoisotopic (exact) mass is 389 g/mol. The molecule has 0 fully saturated rings. The van der Waals surface area contributed by atoms with Gasteiger partial charge in [0, 0.05) is 26.3 Å². The number of carbonyl (C=O) groups excluding carboxylic acids is 2. The normalized spacial score (nSPS) is 10.8. The maximum absolute atomic E-state index is 12.7. The molecule has 0 saturated carbocycles. The minimum atomic E-state index is -0.130. The van der Waals surface area contributed by atoms with E-state index in [1.807, 2.05) is 37.3 Å². The molecule has 21 heavy (non-hydrogen) atoms. The van der Waals surface area contributed by atoms with E-state index < -0.39 is 0 Å². The van der Waals surface area contributed by atoms with E-state index in [1.165, 1.54) is 0 Å². The molecule has 3 aromatic rings. The Labute approximate surface area is 135 Å². The van der Waals surface area contributed by atoms with Crippen LogP contribution in [0.2, 0.25) is 0 Å². The van der Waals surface area contributed by atoms with Gasteiger partial charge in [-0.2, -0.15) is 0 Å². The van der Waals surface area contributed by atoms with Crippen molar-refractivity contribution in [3.63, 3.8) is 0 Å². The van der Waals surface area contributed by atoms with Crippen LogP contribution in [-0.2, 0) is 0 Å². The van der Waals surface area contributed by atoms with Gasteiger partial charge in [0.25, 0.3) is 5.91 Å². The molecule has 0 radical (unpaired) electrons. The third-order valence-corrected chi connectivity index (χ3v) is 4.35. The van der Waals surface area contributed by atoms with Gasteiger partial charge in [0.05, 0.1) is 5.52 Å².